The lowest BCUT2D eigenvalue weighted by molar-refractivity contribution is 0.219. The minimum Gasteiger partial charge on any atom is -0.495 e. The van der Waals surface area contributed by atoms with Crippen molar-refractivity contribution in [3.05, 3.63) is 42.0 Å². The van der Waals surface area contributed by atoms with Crippen LogP contribution in [-0.2, 0) is 0 Å². The number of rotatable bonds is 4. The molecule has 0 radical (unpaired) electrons. The molecule has 2 rings (SSSR count). The van der Waals surface area contributed by atoms with E-state index in [1.165, 1.54) is 0 Å². The number of ether oxygens (including phenoxy) is 1. The summed E-state index contributed by atoms with van der Waals surface area (Å²) >= 11 is 0. The Labute approximate surface area is 106 Å². The van der Waals surface area contributed by atoms with Gasteiger partial charge in [-0.3, -0.25) is 9.67 Å². The molecule has 0 aliphatic heterocycles. The Morgan fingerprint density at radius 1 is 1.22 bits per heavy atom. The van der Waals surface area contributed by atoms with E-state index in [0.717, 1.165) is 5.56 Å². The molecule has 5 nitrogen and oxygen atoms in total. The van der Waals surface area contributed by atoms with E-state index in [1.807, 2.05) is 24.7 Å². The summed E-state index contributed by atoms with van der Waals surface area (Å²) in [5.41, 5.74) is 1.44. The highest BCUT2D eigenvalue weighted by atomic mass is 16.5. The molecule has 2 heterocycles. The first-order chi connectivity index (χ1) is 8.61. The molecule has 1 N–H and O–H groups in total. The van der Waals surface area contributed by atoms with Crippen molar-refractivity contribution in [3.8, 4) is 5.75 Å². The van der Waals surface area contributed by atoms with Crippen molar-refractivity contribution in [1.29, 1.82) is 0 Å². The molecular weight excluding hydrogens is 230 g/mol. The molecule has 0 fully saturated rings. The first-order valence-corrected chi connectivity index (χ1v) is 5.83. The summed E-state index contributed by atoms with van der Waals surface area (Å²) in [6.07, 6.45) is 6.01. The lowest BCUT2D eigenvalue weighted by atomic mass is 10.1. The highest BCUT2D eigenvalue weighted by Gasteiger charge is 2.14. The molecule has 1 unspecified atom stereocenters. The molecule has 1 atom stereocenters. The molecule has 5 heteroatoms. The maximum absolute atomic E-state index is 10.3. The van der Waals surface area contributed by atoms with E-state index in [9.17, 15) is 5.11 Å². The van der Waals surface area contributed by atoms with Gasteiger partial charge in [0, 0.05) is 29.6 Å². The summed E-state index contributed by atoms with van der Waals surface area (Å²) in [6.45, 7) is 4.08. The van der Waals surface area contributed by atoms with E-state index in [1.54, 1.807) is 31.8 Å². The quantitative estimate of drug-likeness (QED) is 0.897. The summed E-state index contributed by atoms with van der Waals surface area (Å²) in [4.78, 5) is 4.03. The van der Waals surface area contributed by atoms with E-state index < -0.39 is 6.10 Å². The van der Waals surface area contributed by atoms with E-state index >= 15 is 0 Å². The number of hydrogen-bond donors (Lipinski definition) is 1. The number of aromatic nitrogens is 3. The lowest BCUT2D eigenvalue weighted by Gasteiger charge is -2.10. The van der Waals surface area contributed by atoms with Gasteiger partial charge in [0.1, 0.15) is 11.9 Å². The minimum atomic E-state index is -0.736. The van der Waals surface area contributed by atoms with Crippen LogP contribution in [0.15, 0.2) is 30.9 Å². The second-order valence-electron chi connectivity index (χ2n) is 4.41. The van der Waals surface area contributed by atoms with Gasteiger partial charge in [-0.2, -0.15) is 5.10 Å². The second-order valence-corrected chi connectivity index (χ2v) is 4.41. The molecule has 0 bridgehead atoms. The van der Waals surface area contributed by atoms with Crippen LogP contribution in [-0.4, -0.2) is 27.0 Å². The van der Waals surface area contributed by atoms with Crippen molar-refractivity contribution in [2.45, 2.75) is 26.0 Å². The maximum atomic E-state index is 10.3. The molecule has 0 aliphatic rings. The fourth-order valence-electron chi connectivity index (χ4n) is 1.67. The molecule has 0 amide bonds. The Hall–Kier alpha value is -1.88. The Kier molecular flexibility index (Phi) is 3.62. The fraction of sp³-hybridized carbons (Fsp3) is 0.385. The zero-order chi connectivity index (χ0) is 13.1. The highest BCUT2D eigenvalue weighted by Crippen LogP contribution is 2.24. The molecule has 96 valence electrons. The van der Waals surface area contributed by atoms with Crippen molar-refractivity contribution < 1.29 is 9.84 Å². The van der Waals surface area contributed by atoms with Crippen LogP contribution in [0.25, 0.3) is 0 Å². The molecule has 2 aromatic heterocycles. The Balaban J connectivity index is 2.26. The number of pyridine rings is 1. The van der Waals surface area contributed by atoms with Crippen molar-refractivity contribution in [2.24, 2.45) is 0 Å². The minimum absolute atomic E-state index is 0.273. The Bertz CT molecular complexity index is 522. The predicted octanol–water partition coefficient (Wildman–Crippen LogP) is 1.95. The van der Waals surface area contributed by atoms with Gasteiger partial charge in [0.2, 0.25) is 0 Å². The lowest BCUT2D eigenvalue weighted by Crippen LogP contribution is -2.02. The first kappa shape index (κ1) is 12.6. The zero-order valence-electron chi connectivity index (χ0n) is 10.7. The molecule has 2 aromatic rings. The van der Waals surface area contributed by atoms with Gasteiger partial charge >= 0.3 is 0 Å². The summed E-state index contributed by atoms with van der Waals surface area (Å²) < 4.78 is 6.90. The van der Waals surface area contributed by atoms with Crippen molar-refractivity contribution in [3.63, 3.8) is 0 Å². The average Bonchev–Trinajstić information content (AvgIpc) is 2.87. The monoisotopic (exact) mass is 247 g/mol. The predicted molar refractivity (Wildman–Crippen MR) is 67.5 cm³/mol. The Morgan fingerprint density at radius 3 is 2.61 bits per heavy atom. The van der Waals surface area contributed by atoms with Gasteiger partial charge in [-0.15, -0.1) is 0 Å². The molecule has 0 saturated carbocycles. The third kappa shape index (κ3) is 2.51. The smallest absolute Gasteiger partial charge is 0.137 e. The molecule has 0 spiro atoms. The number of methoxy groups -OCH3 is 1. The van der Waals surface area contributed by atoms with Gasteiger partial charge in [0.05, 0.1) is 19.5 Å². The maximum Gasteiger partial charge on any atom is 0.137 e. The number of aliphatic hydroxyl groups excluding tert-OH is 1. The van der Waals surface area contributed by atoms with Crippen LogP contribution in [0.5, 0.6) is 5.75 Å². The van der Waals surface area contributed by atoms with E-state index in [-0.39, 0.29) is 6.04 Å². The van der Waals surface area contributed by atoms with Crippen molar-refractivity contribution in [1.82, 2.24) is 14.8 Å². The topological polar surface area (TPSA) is 60.2 Å². The largest absolute Gasteiger partial charge is 0.495 e. The van der Waals surface area contributed by atoms with E-state index in [2.05, 4.69) is 10.1 Å². The fourth-order valence-corrected chi connectivity index (χ4v) is 1.67. The molecule has 0 saturated heterocycles. The Morgan fingerprint density at radius 2 is 2.00 bits per heavy atom. The van der Waals surface area contributed by atoms with Gasteiger partial charge in [0.15, 0.2) is 0 Å². The average molecular weight is 247 g/mol. The summed E-state index contributed by atoms with van der Waals surface area (Å²) in [7, 11) is 1.57. The van der Waals surface area contributed by atoms with Gasteiger partial charge in [-0.25, -0.2) is 0 Å². The van der Waals surface area contributed by atoms with Crippen LogP contribution in [0.1, 0.15) is 37.1 Å². The summed E-state index contributed by atoms with van der Waals surface area (Å²) in [5.74, 6) is 0.628. The van der Waals surface area contributed by atoms with Crippen molar-refractivity contribution in [2.75, 3.05) is 7.11 Å². The van der Waals surface area contributed by atoms with Crippen LogP contribution in [0.3, 0.4) is 0 Å². The summed E-state index contributed by atoms with van der Waals surface area (Å²) in [5, 5.41) is 14.5. The number of hydrogen-bond acceptors (Lipinski definition) is 4. The van der Waals surface area contributed by atoms with Crippen LogP contribution < -0.4 is 4.74 Å². The number of nitrogens with zero attached hydrogens (tertiary/aromatic N) is 3. The van der Waals surface area contributed by atoms with Crippen LogP contribution in [0.2, 0.25) is 0 Å². The van der Waals surface area contributed by atoms with Crippen LogP contribution in [0, 0.1) is 0 Å². The molecular formula is C13H17N3O2. The van der Waals surface area contributed by atoms with Crippen LogP contribution >= 0.6 is 0 Å². The van der Waals surface area contributed by atoms with Crippen molar-refractivity contribution >= 4 is 0 Å². The SMILES string of the molecule is COc1cncc(C(O)c2cnn(C(C)C)c2)c1. The second kappa shape index (κ2) is 5.18. The van der Waals surface area contributed by atoms with Gasteiger partial charge < -0.3 is 9.84 Å². The van der Waals surface area contributed by atoms with Crippen LogP contribution in [0.4, 0.5) is 0 Å². The number of aliphatic hydroxyl groups is 1. The molecule has 0 aliphatic carbocycles. The van der Waals surface area contributed by atoms with Gasteiger partial charge in [0.25, 0.3) is 0 Å². The van der Waals surface area contributed by atoms with E-state index in [0.29, 0.717) is 11.3 Å². The summed E-state index contributed by atoms with van der Waals surface area (Å²) in [6, 6.07) is 2.04. The first-order valence-electron chi connectivity index (χ1n) is 5.83. The van der Waals surface area contributed by atoms with Gasteiger partial charge in [-0.1, -0.05) is 0 Å². The van der Waals surface area contributed by atoms with E-state index in [4.69, 9.17) is 4.74 Å². The molecule has 0 aromatic carbocycles. The highest BCUT2D eigenvalue weighted by molar-refractivity contribution is 5.30. The third-order valence-corrected chi connectivity index (χ3v) is 2.75. The molecule has 18 heavy (non-hydrogen) atoms. The standard InChI is InChI=1S/C13H17N3O2/c1-9(2)16-8-11(6-15-16)13(17)10-4-12(18-3)7-14-5-10/h4-9,13,17H,1-3H3. The van der Waals surface area contributed by atoms with Gasteiger partial charge in [-0.05, 0) is 19.9 Å². The third-order valence-electron chi connectivity index (χ3n) is 2.75. The zero-order valence-corrected chi connectivity index (χ0v) is 10.7. The normalized spacial score (nSPS) is 12.7.